The SMILES string of the molecule is CC.CCCOC.CCCOCCC. The molecule has 0 unspecified atom stereocenters. The quantitative estimate of drug-likeness (QED) is 0.614. The summed E-state index contributed by atoms with van der Waals surface area (Å²) in [4.78, 5) is 0. The smallest absolute Gasteiger partial charge is 0.0463 e. The third-order valence-corrected chi connectivity index (χ3v) is 1.11. The minimum atomic E-state index is 0.889. The Bertz CT molecular complexity index is 50.3. The van der Waals surface area contributed by atoms with Crippen molar-refractivity contribution in [1.82, 2.24) is 0 Å². The summed E-state index contributed by atoms with van der Waals surface area (Å²) in [6, 6.07) is 0. The molecule has 0 spiro atoms. The molecule has 0 heterocycles. The van der Waals surface area contributed by atoms with Gasteiger partial charge in [0.15, 0.2) is 0 Å². The van der Waals surface area contributed by atoms with Crippen LogP contribution in [0.4, 0.5) is 0 Å². The Kier molecular flexibility index (Phi) is 40.7. The van der Waals surface area contributed by atoms with Crippen LogP contribution in [0, 0.1) is 0 Å². The Morgan fingerprint density at radius 3 is 1.21 bits per heavy atom. The van der Waals surface area contributed by atoms with E-state index in [9.17, 15) is 0 Å². The second kappa shape index (κ2) is 29.3. The van der Waals surface area contributed by atoms with Crippen molar-refractivity contribution < 1.29 is 9.47 Å². The molecule has 14 heavy (non-hydrogen) atoms. The molecule has 0 aromatic carbocycles. The van der Waals surface area contributed by atoms with Gasteiger partial charge in [-0.15, -0.1) is 0 Å². The molecule has 0 aromatic rings. The lowest BCUT2D eigenvalue weighted by molar-refractivity contribution is 0.135. The molecule has 90 valence electrons. The van der Waals surface area contributed by atoms with E-state index in [1.807, 2.05) is 13.8 Å². The molecule has 0 saturated carbocycles. The molecule has 0 bridgehead atoms. The lowest BCUT2D eigenvalue weighted by atomic mass is 10.5. The van der Waals surface area contributed by atoms with E-state index in [2.05, 4.69) is 20.8 Å². The van der Waals surface area contributed by atoms with Crippen LogP contribution in [-0.2, 0) is 9.47 Å². The molecule has 0 aliphatic heterocycles. The number of rotatable bonds is 6. The predicted molar refractivity (Wildman–Crippen MR) is 64.9 cm³/mol. The summed E-state index contributed by atoms with van der Waals surface area (Å²) in [5.41, 5.74) is 0. The average molecular weight is 206 g/mol. The highest BCUT2D eigenvalue weighted by molar-refractivity contribution is 4.25. The predicted octanol–water partition coefficient (Wildman–Crippen LogP) is 3.89. The molecular weight excluding hydrogens is 176 g/mol. The van der Waals surface area contributed by atoms with Gasteiger partial charge in [-0.25, -0.2) is 0 Å². The third kappa shape index (κ3) is 40.6. The summed E-state index contributed by atoms with van der Waals surface area (Å²) in [7, 11) is 1.71. The van der Waals surface area contributed by atoms with Gasteiger partial charge < -0.3 is 9.47 Å². The Balaban J connectivity index is -0.000000152. The maximum atomic E-state index is 5.13. The Labute approximate surface area is 91.0 Å². The van der Waals surface area contributed by atoms with E-state index in [-0.39, 0.29) is 0 Å². The van der Waals surface area contributed by atoms with Crippen LogP contribution in [0.2, 0.25) is 0 Å². The average Bonchev–Trinajstić information content (AvgIpc) is 2.24. The van der Waals surface area contributed by atoms with Crippen molar-refractivity contribution >= 4 is 0 Å². The number of methoxy groups -OCH3 is 1. The summed E-state index contributed by atoms with van der Waals surface area (Å²) >= 11 is 0. The summed E-state index contributed by atoms with van der Waals surface area (Å²) in [5, 5.41) is 0. The van der Waals surface area contributed by atoms with Crippen LogP contribution < -0.4 is 0 Å². The number of ether oxygens (including phenoxy) is 2. The van der Waals surface area contributed by atoms with Crippen LogP contribution in [0.15, 0.2) is 0 Å². The molecule has 0 saturated heterocycles. The zero-order chi connectivity index (χ0) is 11.7. The van der Waals surface area contributed by atoms with E-state index in [0.717, 1.165) is 39.1 Å². The highest BCUT2D eigenvalue weighted by Gasteiger charge is 1.77. The summed E-state index contributed by atoms with van der Waals surface area (Å²) in [6.45, 7) is 13.1. The van der Waals surface area contributed by atoms with E-state index in [1.165, 1.54) is 0 Å². The van der Waals surface area contributed by atoms with Crippen LogP contribution in [0.1, 0.15) is 53.9 Å². The van der Waals surface area contributed by atoms with Crippen molar-refractivity contribution in [2.75, 3.05) is 26.9 Å². The standard InChI is InChI=1S/C6H14O.C4H10O.C2H6/c1-3-5-7-6-4-2;1-3-4-5-2;1-2/h3-6H2,1-2H3;3-4H2,1-2H3;1-2H3. The first kappa shape index (κ1) is 19.5. The molecule has 0 aromatic heterocycles. The maximum absolute atomic E-state index is 5.13. The third-order valence-electron chi connectivity index (χ3n) is 1.11. The molecule has 0 atom stereocenters. The van der Waals surface area contributed by atoms with Gasteiger partial charge in [0.1, 0.15) is 0 Å². The van der Waals surface area contributed by atoms with Crippen molar-refractivity contribution in [2.24, 2.45) is 0 Å². The molecular formula is C12H30O2. The molecule has 2 nitrogen and oxygen atoms in total. The largest absolute Gasteiger partial charge is 0.385 e. The fourth-order valence-corrected chi connectivity index (χ4v) is 0.595. The number of hydrogen-bond donors (Lipinski definition) is 0. The van der Waals surface area contributed by atoms with E-state index in [4.69, 9.17) is 9.47 Å². The summed E-state index contributed by atoms with van der Waals surface area (Å²) in [5.74, 6) is 0. The van der Waals surface area contributed by atoms with Crippen LogP contribution >= 0.6 is 0 Å². The highest BCUT2D eigenvalue weighted by Crippen LogP contribution is 1.81. The van der Waals surface area contributed by atoms with Crippen molar-refractivity contribution in [3.8, 4) is 0 Å². The zero-order valence-electron chi connectivity index (χ0n) is 11.1. The number of hydrogen-bond acceptors (Lipinski definition) is 2. The normalized spacial score (nSPS) is 8.14. The first-order chi connectivity index (χ1) is 6.83. The molecule has 0 amide bonds. The molecule has 2 heteroatoms. The van der Waals surface area contributed by atoms with Crippen molar-refractivity contribution in [3.63, 3.8) is 0 Å². The van der Waals surface area contributed by atoms with Crippen LogP contribution in [0.25, 0.3) is 0 Å². The van der Waals surface area contributed by atoms with Crippen molar-refractivity contribution in [2.45, 2.75) is 53.9 Å². The minimum Gasteiger partial charge on any atom is -0.385 e. The van der Waals surface area contributed by atoms with Gasteiger partial charge in [-0.05, 0) is 19.3 Å². The first-order valence-electron chi connectivity index (χ1n) is 5.90. The lowest BCUT2D eigenvalue weighted by Gasteiger charge is -1.95. The monoisotopic (exact) mass is 206 g/mol. The fourth-order valence-electron chi connectivity index (χ4n) is 0.595. The molecule has 0 radical (unpaired) electrons. The van der Waals surface area contributed by atoms with Gasteiger partial charge in [0.05, 0.1) is 0 Å². The molecule has 0 aliphatic rings. The molecule has 0 rings (SSSR count). The fraction of sp³-hybridized carbons (Fsp3) is 1.00. The van der Waals surface area contributed by atoms with Gasteiger partial charge in [-0.2, -0.15) is 0 Å². The van der Waals surface area contributed by atoms with Gasteiger partial charge in [0.2, 0.25) is 0 Å². The maximum Gasteiger partial charge on any atom is 0.0463 e. The molecule has 0 aliphatic carbocycles. The lowest BCUT2D eigenvalue weighted by Crippen LogP contribution is -1.92. The zero-order valence-corrected chi connectivity index (χ0v) is 11.1. The summed E-state index contributed by atoms with van der Waals surface area (Å²) in [6.07, 6.45) is 3.40. The van der Waals surface area contributed by atoms with Gasteiger partial charge in [0, 0.05) is 26.9 Å². The Hall–Kier alpha value is -0.0800. The van der Waals surface area contributed by atoms with Gasteiger partial charge >= 0.3 is 0 Å². The van der Waals surface area contributed by atoms with Crippen molar-refractivity contribution in [3.05, 3.63) is 0 Å². The van der Waals surface area contributed by atoms with E-state index < -0.39 is 0 Å². The second-order valence-electron chi connectivity index (χ2n) is 2.61. The molecule has 0 N–H and O–H groups in total. The van der Waals surface area contributed by atoms with E-state index >= 15 is 0 Å². The molecule has 0 fully saturated rings. The van der Waals surface area contributed by atoms with Crippen LogP contribution in [-0.4, -0.2) is 26.9 Å². The van der Waals surface area contributed by atoms with Crippen molar-refractivity contribution in [1.29, 1.82) is 0 Å². The van der Waals surface area contributed by atoms with Gasteiger partial charge in [0.25, 0.3) is 0 Å². The van der Waals surface area contributed by atoms with E-state index in [1.54, 1.807) is 7.11 Å². The van der Waals surface area contributed by atoms with Crippen LogP contribution in [0.5, 0.6) is 0 Å². The minimum absolute atomic E-state index is 0.889. The highest BCUT2D eigenvalue weighted by atomic mass is 16.5. The van der Waals surface area contributed by atoms with Gasteiger partial charge in [-0.1, -0.05) is 34.6 Å². The van der Waals surface area contributed by atoms with Crippen LogP contribution in [0.3, 0.4) is 0 Å². The first-order valence-corrected chi connectivity index (χ1v) is 5.90. The Morgan fingerprint density at radius 1 is 0.714 bits per heavy atom. The van der Waals surface area contributed by atoms with E-state index in [0.29, 0.717) is 0 Å². The Morgan fingerprint density at radius 2 is 1.07 bits per heavy atom. The topological polar surface area (TPSA) is 18.5 Å². The second-order valence-corrected chi connectivity index (χ2v) is 2.61. The van der Waals surface area contributed by atoms with Gasteiger partial charge in [-0.3, -0.25) is 0 Å². The summed E-state index contributed by atoms with van der Waals surface area (Å²) < 4.78 is 9.82.